The van der Waals surface area contributed by atoms with Crippen LogP contribution in [0.4, 0.5) is 31.1 Å². The number of nitrogens with zero attached hydrogens (tertiary/aromatic N) is 1. The minimum atomic E-state index is -4.61. The molecule has 3 N–H and O–H groups in total. The summed E-state index contributed by atoms with van der Waals surface area (Å²) in [5, 5.41) is 13.4. The van der Waals surface area contributed by atoms with E-state index in [9.17, 15) is 35.9 Å². The Balaban J connectivity index is 2.08. The van der Waals surface area contributed by atoms with Crippen LogP contribution in [0.3, 0.4) is 0 Å². The van der Waals surface area contributed by atoms with E-state index in [2.05, 4.69) is 15.0 Å². The van der Waals surface area contributed by atoms with Gasteiger partial charge in [0.1, 0.15) is 11.8 Å². The van der Waals surface area contributed by atoms with E-state index in [1.165, 1.54) is 25.1 Å². The number of hydrogen-bond acceptors (Lipinski definition) is 4. The summed E-state index contributed by atoms with van der Waals surface area (Å²) < 4.78 is 79.9. The molecule has 1 aromatic heterocycles. The molecule has 7 nitrogen and oxygen atoms in total. The van der Waals surface area contributed by atoms with Crippen LogP contribution in [0.5, 0.6) is 5.75 Å². The maximum Gasteiger partial charge on any atom is 0.422 e. The van der Waals surface area contributed by atoms with Gasteiger partial charge in [0.25, 0.3) is 0 Å². The average molecular weight is 479 g/mol. The Morgan fingerprint density at radius 1 is 1.09 bits per heavy atom. The second kappa shape index (κ2) is 10.4. The van der Waals surface area contributed by atoms with Gasteiger partial charge in [-0.2, -0.15) is 26.3 Å². The molecule has 0 unspecified atom stereocenters. The van der Waals surface area contributed by atoms with E-state index in [4.69, 9.17) is 5.11 Å². The topological polar surface area (TPSA) is 101 Å². The van der Waals surface area contributed by atoms with Crippen LogP contribution in [0.25, 0.3) is 0 Å². The summed E-state index contributed by atoms with van der Waals surface area (Å²) in [6.45, 7) is -0.0169. The summed E-state index contributed by atoms with van der Waals surface area (Å²) >= 11 is 0. The van der Waals surface area contributed by atoms with Crippen molar-refractivity contribution in [3.8, 4) is 5.75 Å². The lowest BCUT2D eigenvalue weighted by molar-refractivity contribution is -0.153. The molecular weight excluding hydrogens is 460 g/mol. The van der Waals surface area contributed by atoms with Crippen molar-refractivity contribution >= 4 is 12.0 Å². The van der Waals surface area contributed by atoms with Crippen molar-refractivity contribution in [2.75, 3.05) is 6.61 Å². The van der Waals surface area contributed by atoms with Crippen LogP contribution >= 0.6 is 0 Å². The van der Waals surface area contributed by atoms with Gasteiger partial charge in [0, 0.05) is 6.42 Å². The fraction of sp³-hybridized carbons (Fsp3) is 0.350. The Labute approximate surface area is 183 Å². The predicted octanol–water partition coefficient (Wildman–Crippen LogP) is 4.10. The van der Waals surface area contributed by atoms with Gasteiger partial charge in [0.15, 0.2) is 6.61 Å². The Bertz CT molecular complexity index is 964. The van der Waals surface area contributed by atoms with E-state index in [0.29, 0.717) is 0 Å². The van der Waals surface area contributed by atoms with Gasteiger partial charge in [-0.25, -0.2) is 4.79 Å². The molecule has 0 saturated carbocycles. The van der Waals surface area contributed by atoms with Gasteiger partial charge in [-0.1, -0.05) is 18.2 Å². The standard InChI is InChI=1S/C20H19F6N3O4/c1-11(15-6-5-14(9-27-15)33-10-19(21,22)23)28-17(30)16(29-18(31)32)8-12-3-2-4-13(7-12)20(24,25)26/h2-7,9,11,16,29H,8,10H2,1H3,(H,28,30)(H,31,32)/t11-,16+/m1/s1. The molecule has 0 saturated heterocycles. The van der Waals surface area contributed by atoms with Gasteiger partial charge in [-0.3, -0.25) is 9.78 Å². The number of ether oxygens (including phenoxy) is 1. The van der Waals surface area contributed by atoms with Crippen LogP contribution in [0, 0.1) is 0 Å². The highest BCUT2D eigenvalue weighted by Gasteiger charge is 2.31. The quantitative estimate of drug-likeness (QED) is 0.495. The first kappa shape index (κ1) is 25.7. The first-order valence-corrected chi connectivity index (χ1v) is 9.36. The summed E-state index contributed by atoms with van der Waals surface area (Å²) in [7, 11) is 0. The Kier molecular flexibility index (Phi) is 8.12. The molecule has 0 aliphatic carbocycles. The zero-order chi connectivity index (χ0) is 24.8. The molecule has 0 fully saturated rings. The highest BCUT2D eigenvalue weighted by Crippen LogP contribution is 2.29. The van der Waals surface area contributed by atoms with E-state index >= 15 is 0 Å². The normalized spacial score (nSPS) is 13.7. The van der Waals surface area contributed by atoms with Crippen molar-refractivity contribution in [1.29, 1.82) is 0 Å². The average Bonchev–Trinajstić information content (AvgIpc) is 2.71. The zero-order valence-corrected chi connectivity index (χ0v) is 17.0. The molecule has 33 heavy (non-hydrogen) atoms. The third kappa shape index (κ3) is 8.50. The molecule has 13 heteroatoms. The molecule has 2 atom stereocenters. The van der Waals surface area contributed by atoms with E-state index < -0.39 is 48.6 Å². The molecule has 2 rings (SSSR count). The molecular formula is C20H19F6N3O4. The van der Waals surface area contributed by atoms with Crippen molar-refractivity contribution in [3.05, 3.63) is 59.4 Å². The number of nitrogens with one attached hydrogen (secondary N) is 2. The van der Waals surface area contributed by atoms with Gasteiger partial charge in [-0.05, 0) is 30.7 Å². The number of aromatic nitrogens is 1. The summed E-state index contributed by atoms with van der Waals surface area (Å²) in [5.41, 5.74) is -0.633. The largest absolute Gasteiger partial charge is 0.483 e. The van der Waals surface area contributed by atoms with Crippen molar-refractivity contribution in [3.63, 3.8) is 0 Å². The number of halogens is 6. The van der Waals surface area contributed by atoms with Crippen molar-refractivity contribution < 1.29 is 45.8 Å². The van der Waals surface area contributed by atoms with E-state index in [1.54, 1.807) is 0 Å². The molecule has 0 aliphatic heterocycles. The van der Waals surface area contributed by atoms with Crippen LogP contribution in [0.15, 0.2) is 42.6 Å². The van der Waals surface area contributed by atoms with Crippen molar-refractivity contribution in [2.45, 2.75) is 37.8 Å². The SMILES string of the molecule is C[C@@H](NC(=O)[C@H](Cc1cccc(C(F)(F)F)c1)NC(=O)O)c1ccc(OCC(F)(F)F)cn1. The zero-order valence-electron chi connectivity index (χ0n) is 17.0. The van der Waals surface area contributed by atoms with E-state index in [1.807, 2.05) is 5.32 Å². The molecule has 2 aromatic rings. The Morgan fingerprint density at radius 2 is 1.79 bits per heavy atom. The fourth-order valence-electron chi connectivity index (χ4n) is 2.75. The number of benzene rings is 1. The Morgan fingerprint density at radius 3 is 2.33 bits per heavy atom. The number of pyridine rings is 1. The Hall–Kier alpha value is -3.51. The van der Waals surface area contributed by atoms with Crippen LogP contribution < -0.4 is 15.4 Å². The lowest BCUT2D eigenvalue weighted by Crippen LogP contribution is -2.48. The lowest BCUT2D eigenvalue weighted by Gasteiger charge is -2.21. The molecule has 0 aliphatic rings. The summed E-state index contributed by atoms with van der Waals surface area (Å²) in [6, 6.07) is 4.44. The molecule has 1 aromatic carbocycles. The summed E-state index contributed by atoms with van der Waals surface area (Å²) in [4.78, 5) is 27.6. The van der Waals surface area contributed by atoms with Gasteiger partial charge in [0.05, 0.1) is 23.5 Å². The first-order valence-electron chi connectivity index (χ1n) is 9.36. The van der Waals surface area contributed by atoms with Gasteiger partial charge in [0.2, 0.25) is 5.91 Å². The molecule has 0 bridgehead atoms. The van der Waals surface area contributed by atoms with Crippen LogP contribution in [0.2, 0.25) is 0 Å². The minimum Gasteiger partial charge on any atom is -0.483 e. The number of rotatable bonds is 8. The van der Waals surface area contributed by atoms with Gasteiger partial charge < -0.3 is 20.5 Å². The number of alkyl halides is 6. The molecule has 180 valence electrons. The van der Waals surface area contributed by atoms with E-state index in [0.717, 1.165) is 24.4 Å². The second-order valence-corrected chi connectivity index (χ2v) is 6.96. The smallest absolute Gasteiger partial charge is 0.422 e. The van der Waals surface area contributed by atoms with Crippen molar-refractivity contribution in [2.24, 2.45) is 0 Å². The van der Waals surface area contributed by atoms with Crippen LogP contribution in [-0.4, -0.2) is 40.9 Å². The number of carbonyl (C=O) groups is 2. The number of amides is 2. The monoisotopic (exact) mass is 479 g/mol. The highest BCUT2D eigenvalue weighted by molar-refractivity contribution is 5.85. The first-order chi connectivity index (χ1) is 15.2. The minimum absolute atomic E-state index is 0.0793. The predicted molar refractivity (Wildman–Crippen MR) is 102 cm³/mol. The lowest BCUT2D eigenvalue weighted by atomic mass is 10.0. The molecule has 1 heterocycles. The van der Waals surface area contributed by atoms with Crippen LogP contribution in [-0.2, 0) is 17.4 Å². The van der Waals surface area contributed by atoms with Crippen LogP contribution in [0.1, 0.15) is 29.8 Å². The van der Waals surface area contributed by atoms with E-state index in [-0.39, 0.29) is 23.4 Å². The maximum absolute atomic E-state index is 12.9. The molecule has 2 amide bonds. The third-order valence-electron chi connectivity index (χ3n) is 4.27. The molecule has 0 radical (unpaired) electrons. The summed E-state index contributed by atoms with van der Waals surface area (Å²) in [5.74, 6) is -0.980. The van der Waals surface area contributed by atoms with Gasteiger partial charge >= 0.3 is 18.4 Å². The fourth-order valence-corrected chi connectivity index (χ4v) is 2.75. The highest BCUT2D eigenvalue weighted by atomic mass is 19.4. The number of carboxylic acid groups (broad SMARTS) is 1. The maximum atomic E-state index is 12.9. The number of hydrogen-bond donors (Lipinski definition) is 3. The second-order valence-electron chi connectivity index (χ2n) is 6.96. The van der Waals surface area contributed by atoms with Crippen molar-refractivity contribution in [1.82, 2.24) is 15.6 Å². The third-order valence-corrected chi connectivity index (χ3v) is 4.27. The molecule has 0 spiro atoms. The number of carbonyl (C=O) groups excluding carboxylic acids is 1. The summed E-state index contributed by atoms with van der Waals surface area (Å²) in [6.07, 6.45) is -10.0. The van der Waals surface area contributed by atoms with Gasteiger partial charge in [-0.15, -0.1) is 0 Å².